The fourth-order valence-corrected chi connectivity index (χ4v) is 5.69. The van der Waals surface area contributed by atoms with Crippen LogP contribution in [0.15, 0.2) is 24.3 Å². The van der Waals surface area contributed by atoms with Gasteiger partial charge in [0.25, 0.3) is 0 Å². The smallest absolute Gasteiger partial charge is 0.220 e. The molecular weight excluding hydrogens is 320 g/mol. The highest BCUT2D eigenvalue weighted by molar-refractivity contribution is 5.76. The van der Waals surface area contributed by atoms with Crippen molar-refractivity contribution in [2.45, 2.75) is 65.0 Å². The van der Waals surface area contributed by atoms with Gasteiger partial charge in [-0.05, 0) is 73.4 Å². The molecule has 2 saturated carbocycles. The number of hydrogen-bond donors (Lipinski definition) is 1. The van der Waals surface area contributed by atoms with Gasteiger partial charge in [0.1, 0.15) is 0 Å². The summed E-state index contributed by atoms with van der Waals surface area (Å²) in [7, 11) is 0. The minimum absolute atomic E-state index is 0.254. The van der Waals surface area contributed by atoms with E-state index in [-0.39, 0.29) is 5.91 Å². The average Bonchev–Trinajstić information content (AvgIpc) is 3.24. The second kappa shape index (κ2) is 8.12. The molecule has 4 atom stereocenters. The molecule has 1 aliphatic heterocycles. The summed E-state index contributed by atoms with van der Waals surface area (Å²) in [4.78, 5) is 15.0. The molecule has 3 nitrogen and oxygen atoms in total. The van der Waals surface area contributed by atoms with Crippen molar-refractivity contribution in [1.29, 1.82) is 0 Å². The first kappa shape index (κ1) is 18.0. The Morgan fingerprint density at radius 2 is 2.00 bits per heavy atom. The highest BCUT2D eigenvalue weighted by Gasteiger charge is 2.40. The summed E-state index contributed by atoms with van der Waals surface area (Å²) in [5.74, 6) is 3.46. The van der Waals surface area contributed by atoms with Crippen molar-refractivity contribution in [2.75, 3.05) is 13.1 Å². The van der Waals surface area contributed by atoms with Gasteiger partial charge < -0.3 is 5.32 Å². The third-order valence-electron chi connectivity index (χ3n) is 7.06. The fourth-order valence-electron chi connectivity index (χ4n) is 5.69. The zero-order valence-electron chi connectivity index (χ0n) is 16.3. The SMILES string of the molecule is C[C@H]1CCCN(Cc2ccccc2CNC(=O)C[C@@H]2C[C@H]3CC[C@H]2C3)C1. The number of hydrogen-bond acceptors (Lipinski definition) is 2. The molecule has 3 fully saturated rings. The third kappa shape index (κ3) is 4.31. The zero-order chi connectivity index (χ0) is 17.9. The maximum Gasteiger partial charge on any atom is 0.220 e. The predicted octanol–water partition coefficient (Wildman–Crippen LogP) is 4.36. The van der Waals surface area contributed by atoms with Crippen molar-refractivity contribution in [2.24, 2.45) is 23.7 Å². The zero-order valence-corrected chi connectivity index (χ0v) is 16.3. The molecular formula is C23H34N2O. The number of benzene rings is 1. The number of nitrogens with one attached hydrogen (secondary N) is 1. The Balaban J connectivity index is 1.29. The summed E-state index contributed by atoms with van der Waals surface area (Å²) in [6.07, 6.45) is 8.86. The van der Waals surface area contributed by atoms with E-state index < -0.39 is 0 Å². The van der Waals surface area contributed by atoms with Crippen LogP contribution in [0.3, 0.4) is 0 Å². The highest BCUT2D eigenvalue weighted by atomic mass is 16.1. The van der Waals surface area contributed by atoms with Crippen LogP contribution in [0.1, 0.15) is 63.0 Å². The molecule has 2 aliphatic carbocycles. The van der Waals surface area contributed by atoms with E-state index in [1.807, 2.05) is 0 Å². The van der Waals surface area contributed by atoms with Crippen molar-refractivity contribution >= 4 is 5.91 Å². The van der Waals surface area contributed by atoms with Crippen LogP contribution in [-0.4, -0.2) is 23.9 Å². The molecule has 2 bridgehead atoms. The Bertz CT molecular complexity index is 628. The summed E-state index contributed by atoms with van der Waals surface area (Å²) < 4.78 is 0. The standard InChI is InChI=1S/C23H34N2O/c1-17-5-4-10-25(15-17)16-21-7-3-2-6-20(21)14-24-23(26)13-22-12-18-8-9-19(22)11-18/h2-3,6-7,17-19,22H,4-5,8-16H2,1H3,(H,24,26)/t17-,18-,19-,22-/m0/s1. The van der Waals surface area contributed by atoms with Crippen LogP contribution in [0.4, 0.5) is 0 Å². The summed E-state index contributed by atoms with van der Waals surface area (Å²) in [6, 6.07) is 8.64. The van der Waals surface area contributed by atoms with E-state index in [0.717, 1.165) is 30.7 Å². The Kier molecular flexibility index (Phi) is 5.63. The number of nitrogens with zero attached hydrogens (tertiary/aromatic N) is 1. The molecule has 1 aromatic rings. The Morgan fingerprint density at radius 1 is 1.15 bits per heavy atom. The third-order valence-corrected chi connectivity index (χ3v) is 7.06. The fraction of sp³-hybridized carbons (Fsp3) is 0.696. The lowest BCUT2D eigenvalue weighted by Gasteiger charge is -2.31. The normalized spacial score (nSPS) is 31.3. The molecule has 0 spiro atoms. The largest absolute Gasteiger partial charge is 0.352 e. The van der Waals surface area contributed by atoms with Crippen molar-refractivity contribution in [3.63, 3.8) is 0 Å². The van der Waals surface area contributed by atoms with Gasteiger partial charge in [0.2, 0.25) is 5.91 Å². The summed E-state index contributed by atoms with van der Waals surface area (Å²) in [6.45, 7) is 6.45. The molecule has 26 heavy (non-hydrogen) atoms. The maximum atomic E-state index is 12.5. The molecule has 0 unspecified atom stereocenters. The van der Waals surface area contributed by atoms with E-state index in [1.165, 1.54) is 62.7 Å². The average molecular weight is 355 g/mol. The molecule has 1 amide bonds. The van der Waals surface area contributed by atoms with Crippen LogP contribution in [-0.2, 0) is 17.9 Å². The van der Waals surface area contributed by atoms with E-state index in [1.54, 1.807) is 0 Å². The minimum atomic E-state index is 0.254. The number of carbonyl (C=O) groups is 1. The molecule has 1 saturated heterocycles. The summed E-state index contributed by atoms with van der Waals surface area (Å²) in [5, 5.41) is 3.21. The molecule has 1 N–H and O–H groups in total. The van der Waals surface area contributed by atoms with Gasteiger partial charge in [0.15, 0.2) is 0 Å². The van der Waals surface area contributed by atoms with Gasteiger partial charge in [-0.1, -0.05) is 37.6 Å². The summed E-state index contributed by atoms with van der Waals surface area (Å²) in [5.41, 5.74) is 2.66. The van der Waals surface area contributed by atoms with Crippen molar-refractivity contribution in [1.82, 2.24) is 10.2 Å². The van der Waals surface area contributed by atoms with E-state index in [2.05, 4.69) is 41.4 Å². The first-order chi connectivity index (χ1) is 12.7. The lowest BCUT2D eigenvalue weighted by Crippen LogP contribution is -2.34. The van der Waals surface area contributed by atoms with Gasteiger partial charge >= 0.3 is 0 Å². The molecule has 142 valence electrons. The maximum absolute atomic E-state index is 12.5. The lowest BCUT2D eigenvalue weighted by atomic mass is 9.86. The van der Waals surface area contributed by atoms with Crippen molar-refractivity contribution in [3.05, 3.63) is 35.4 Å². The van der Waals surface area contributed by atoms with Crippen molar-refractivity contribution in [3.8, 4) is 0 Å². The molecule has 0 radical (unpaired) electrons. The summed E-state index contributed by atoms with van der Waals surface area (Å²) >= 11 is 0. The van der Waals surface area contributed by atoms with Gasteiger partial charge in [0, 0.05) is 26.1 Å². The lowest BCUT2D eigenvalue weighted by molar-refractivity contribution is -0.122. The van der Waals surface area contributed by atoms with Gasteiger partial charge in [-0.3, -0.25) is 9.69 Å². The number of fused-ring (bicyclic) bond motifs is 2. The van der Waals surface area contributed by atoms with Crippen LogP contribution in [0.25, 0.3) is 0 Å². The number of piperidine rings is 1. The van der Waals surface area contributed by atoms with Crippen LogP contribution >= 0.6 is 0 Å². The quantitative estimate of drug-likeness (QED) is 0.823. The molecule has 3 heteroatoms. The Hall–Kier alpha value is -1.35. The van der Waals surface area contributed by atoms with Crippen LogP contribution in [0, 0.1) is 23.7 Å². The molecule has 1 heterocycles. The first-order valence-electron chi connectivity index (χ1n) is 10.7. The second-order valence-corrected chi connectivity index (χ2v) is 9.17. The van der Waals surface area contributed by atoms with Gasteiger partial charge in [-0.25, -0.2) is 0 Å². The first-order valence-corrected chi connectivity index (χ1v) is 10.7. The van der Waals surface area contributed by atoms with Crippen LogP contribution in [0.5, 0.6) is 0 Å². The monoisotopic (exact) mass is 354 g/mol. The van der Waals surface area contributed by atoms with Gasteiger partial charge in [-0.2, -0.15) is 0 Å². The van der Waals surface area contributed by atoms with Gasteiger partial charge in [-0.15, -0.1) is 0 Å². The number of likely N-dealkylation sites (tertiary alicyclic amines) is 1. The van der Waals surface area contributed by atoms with E-state index in [9.17, 15) is 4.79 Å². The predicted molar refractivity (Wildman–Crippen MR) is 106 cm³/mol. The molecule has 3 aliphatic rings. The molecule has 4 rings (SSSR count). The topological polar surface area (TPSA) is 32.3 Å². The van der Waals surface area contributed by atoms with E-state index in [0.29, 0.717) is 12.5 Å². The number of rotatable bonds is 6. The molecule has 0 aromatic heterocycles. The number of amides is 1. The Morgan fingerprint density at radius 3 is 2.73 bits per heavy atom. The van der Waals surface area contributed by atoms with E-state index >= 15 is 0 Å². The van der Waals surface area contributed by atoms with Crippen LogP contribution in [0.2, 0.25) is 0 Å². The molecule has 1 aromatic carbocycles. The van der Waals surface area contributed by atoms with E-state index in [4.69, 9.17) is 0 Å². The van der Waals surface area contributed by atoms with Crippen LogP contribution < -0.4 is 5.32 Å². The second-order valence-electron chi connectivity index (χ2n) is 9.17. The van der Waals surface area contributed by atoms with Crippen molar-refractivity contribution < 1.29 is 4.79 Å². The van der Waals surface area contributed by atoms with Gasteiger partial charge in [0.05, 0.1) is 0 Å². The minimum Gasteiger partial charge on any atom is -0.352 e. The Labute approximate surface area is 158 Å². The highest BCUT2D eigenvalue weighted by Crippen LogP contribution is 2.49. The number of carbonyl (C=O) groups excluding carboxylic acids is 1.